The van der Waals surface area contributed by atoms with Crippen LogP contribution in [0.15, 0.2) is 4.99 Å². The van der Waals surface area contributed by atoms with Crippen LogP contribution in [0.2, 0.25) is 0 Å². The van der Waals surface area contributed by atoms with Gasteiger partial charge in [-0.2, -0.15) is 0 Å². The lowest BCUT2D eigenvalue weighted by Gasteiger charge is -2.36. The van der Waals surface area contributed by atoms with Crippen molar-refractivity contribution in [1.82, 2.24) is 20.0 Å². The first-order chi connectivity index (χ1) is 13.0. The Bertz CT molecular complexity index is 481. The van der Waals surface area contributed by atoms with Crippen LogP contribution in [0.5, 0.6) is 0 Å². The summed E-state index contributed by atoms with van der Waals surface area (Å²) in [6.45, 7) is 17.2. The summed E-state index contributed by atoms with van der Waals surface area (Å²) < 4.78 is 0. The van der Waals surface area contributed by atoms with Gasteiger partial charge in [-0.15, -0.1) is 24.0 Å². The molecule has 2 saturated heterocycles. The number of halogens is 1. The number of hydrogen-bond donors (Lipinski definition) is 2. The number of likely N-dealkylation sites (tertiary alicyclic amines) is 1. The zero-order valence-corrected chi connectivity index (χ0v) is 20.4. The van der Waals surface area contributed by atoms with E-state index in [1.165, 1.54) is 26.2 Å². The van der Waals surface area contributed by atoms with E-state index in [0.29, 0.717) is 18.3 Å². The average molecular weight is 508 g/mol. The summed E-state index contributed by atoms with van der Waals surface area (Å²) in [6.07, 6.45) is 2.66. The van der Waals surface area contributed by atoms with Crippen LogP contribution in [0, 0.1) is 11.8 Å². The van der Waals surface area contributed by atoms with Gasteiger partial charge in [-0.3, -0.25) is 9.79 Å². The predicted molar refractivity (Wildman–Crippen MR) is 127 cm³/mol. The summed E-state index contributed by atoms with van der Waals surface area (Å²) >= 11 is 0. The van der Waals surface area contributed by atoms with E-state index in [-0.39, 0.29) is 29.9 Å². The van der Waals surface area contributed by atoms with Gasteiger partial charge in [0.1, 0.15) is 0 Å². The Balaban J connectivity index is 0.00000392. The van der Waals surface area contributed by atoms with E-state index >= 15 is 0 Å². The zero-order valence-electron chi connectivity index (χ0n) is 18.0. The number of nitrogens with two attached hydrogens (primary N) is 1. The fourth-order valence-corrected chi connectivity index (χ4v) is 4.16. The van der Waals surface area contributed by atoms with Gasteiger partial charge >= 0.3 is 0 Å². The average Bonchev–Trinajstić information content (AvgIpc) is 2.65. The number of rotatable bonds is 8. The van der Waals surface area contributed by atoms with Gasteiger partial charge in [-0.1, -0.05) is 13.8 Å². The van der Waals surface area contributed by atoms with E-state index in [2.05, 4.69) is 40.8 Å². The number of carbonyl (C=O) groups is 1. The van der Waals surface area contributed by atoms with Crippen LogP contribution in [0.1, 0.15) is 40.0 Å². The van der Waals surface area contributed by atoms with Crippen molar-refractivity contribution >= 4 is 35.8 Å². The van der Waals surface area contributed by atoms with Crippen LogP contribution in [-0.4, -0.2) is 92.0 Å². The van der Waals surface area contributed by atoms with E-state index < -0.39 is 0 Å². The second kappa shape index (κ2) is 13.6. The number of carbonyl (C=O) groups excluding carboxylic acids is 1. The van der Waals surface area contributed by atoms with Crippen molar-refractivity contribution in [1.29, 1.82) is 0 Å². The maximum atomic E-state index is 11.3. The van der Waals surface area contributed by atoms with Crippen LogP contribution >= 0.6 is 24.0 Å². The van der Waals surface area contributed by atoms with Crippen molar-refractivity contribution < 1.29 is 4.79 Å². The van der Waals surface area contributed by atoms with E-state index in [9.17, 15) is 4.79 Å². The summed E-state index contributed by atoms with van der Waals surface area (Å²) in [5.74, 6) is 1.69. The predicted octanol–water partition coefficient (Wildman–Crippen LogP) is 1.43. The minimum absolute atomic E-state index is 0. The Labute approximate surface area is 188 Å². The van der Waals surface area contributed by atoms with E-state index in [1.807, 2.05) is 0 Å². The van der Waals surface area contributed by atoms with Gasteiger partial charge < -0.3 is 25.8 Å². The van der Waals surface area contributed by atoms with E-state index in [1.54, 1.807) is 0 Å². The highest BCUT2D eigenvalue weighted by Crippen LogP contribution is 2.19. The molecule has 2 aliphatic heterocycles. The highest BCUT2D eigenvalue weighted by Gasteiger charge is 2.24. The maximum absolute atomic E-state index is 11.3. The van der Waals surface area contributed by atoms with Crippen molar-refractivity contribution in [2.24, 2.45) is 22.6 Å². The molecule has 0 aromatic rings. The van der Waals surface area contributed by atoms with Crippen molar-refractivity contribution in [2.45, 2.75) is 40.0 Å². The molecule has 3 N–H and O–H groups in total. The Morgan fingerprint density at radius 2 is 1.86 bits per heavy atom. The molecule has 7 nitrogen and oxygen atoms in total. The molecule has 2 heterocycles. The van der Waals surface area contributed by atoms with Crippen molar-refractivity contribution in [3.63, 3.8) is 0 Å². The number of piperidine rings is 1. The molecule has 0 radical (unpaired) electrons. The third kappa shape index (κ3) is 8.82. The molecule has 164 valence electrons. The van der Waals surface area contributed by atoms with Crippen molar-refractivity contribution in [3.05, 3.63) is 0 Å². The largest absolute Gasteiger partial charge is 0.370 e. The molecule has 1 amide bonds. The molecular weight excluding hydrogens is 467 g/mol. The molecule has 2 rings (SSSR count). The molecular formula is C20H41IN6O. The molecule has 0 saturated carbocycles. The number of aliphatic imine (C=N–C) groups is 1. The van der Waals surface area contributed by atoms with Gasteiger partial charge in [0.05, 0.1) is 0 Å². The standard InChI is InChI=1S/C20H40N6O.HI/c1-4-22-20(26-8-6-7-18(16-26)13-19(21)27)23-14-17(3)15-25-11-9-24(5-2)10-12-25;/h17-18H,4-16H2,1-3H3,(H2,21,27)(H,22,23);1H. The van der Waals surface area contributed by atoms with Crippen LogP contribution < -0.4 is 11.1 Å². The highest BCUT2D eigenvalue weighted by molar-refractivity contribution is 14.0. The summed E-state index contributed by atoms with van der Waals surface area (Å²) in [5.41, 5.74) is 5.40. The van der Waals surface area contributed by atoms with Crippen LogP contribution in [-0.2, 0) is 4.79 Å². The number of likely N-dealkylation sites (N-methyl/N-ethyl adjacent to an activating group) is 1. The smallest absolute Gasteiger partial charge is 0.217 e. The first-order valence-electron chi connectivity index (χ1n) is 10.8. The van der Waals surface area contributed by atoms with Gasteiger partial charge in [0.15, 0.2) is 5.96 Å². The second-order valence-electron chi connectivity index (χ2n) is 8.16. The summed E-state index contributed by atoms with van der Waals surface area (Å²) in [6, 6.07) is 0. The Kier molecular flexibility index (Phi) is 12.3. The fraction of sp³-hybridized carbons (Fsp3) is 0.900. The molecule has 0 aromatic heterocycles. The number of nitrogens with one attached hydrogen (secondary N) is 1. The maximum Gasteiger partial charge on any atom is 0.217 e. The lowest BCUT2D eigenvalue weighted by molar-refractivity contribution is -0.119. The molecule has 0 aliphatic carbocycles. The molecule has 2 atom stereocenters. The summed E-state index contributed by atoms with van der Waals surface area (Å²) in [4.78, 5) is 23.6. The van der Waals surface area contributed by atoms with Gasteiger partial charge in [0.25, 0.3) is 0 Å². The van der Waals surface area contributed by atoms with Gasteiger partial charge in [-0.25, -0.2) is 0 Å². The SMILES string of the molecule is CCNC(=NCC(C)CN1CCN(CC)CC1)N1CCCC(CC(N)=O)C1.I. The molecule has 2 unspecified atom stereocenters. The van der Waals surface area contributed by atoms with Crippen molar-refractivity contribution in [3.8, 4) is 0 Å². The first kappa shape index (κ1) is 25.4. The minimum atomic E-state index is -0.194. The molecule has 28 heavy (non-hydrogen) atoms. The Hall–Kier alpha value is -0.610. The van der Waals surface area contributed by atoms with Crippen LogP contribution in [0.4, 0.5) is 0 Å². The van der Waals surface area contributed by atoms with Crippen LogP contribution in [0.25, 0.3) is 0 Å². The minimum Gasteiger partial charge on any atom is -0.370 e. The summed E-state index contributed by atoms with van der Waals surface area (Å²) in [5, 5.41) is 3.44. The number of guanidine groups is 1. The Morgan fingerprint density at radius 3 is 2.46 bits per heavy atom. The number of amides is 1. The number of primary amides is 1. The number of hydrogen-bond acceptors (Lipinski definition) is 4. The molecule has 0 spiro atoms. The third-order valence-corrected chi connectivity index (χ3v) is 5.68. The molecule has 0 bridgehead atoms. The second-order valence-corrected chi connectivity index (χ2v) is 8.16. The monoisotopic (exact) mass is 508 g/mol. The summed E-state index contributed by atoms with van der Waals surface area (Å²) in [7, 11) is 0. The van der Waals surface area contributed by atoms with E-state index in [4.69, 9.17) is 10.7 Å². The molecule has 2 aliphatic rings. The third-order valence-electron chi connectivity index (χ3n) is 5.68. The highest BCUT2D eigenvalue weighted by atomic mass is 127. The first-order valence-corrected chi connectivity index (χ1v) is 10.8. The number of nitrogens with zero attached hydrogens (tertiary/aromatic N) is 4. The topological polar surface area (TPSA) is 77.2 Å². The molecule has 8 heteroatoms. The molecule has 0 aromatic carbocycles. The van der Waals surface area contributed by atoms with E-state index in [0.717, 1.165) is 58.1 Å². The van der Waals surface area contributed by atoms with Gasteiger partial charge in [0, 0.05) is 65.3 Å². The van der Waals surface area contributed by atoms with Gasteiger partial charge in [0.2, 0.25) is 5.91 Å². The van der Waals surface area contributed by atoms with Gasteiger partial charge in [-0.05, 0) is 38.1 Å². The van der Waals surface area contributed by atoms with Crippen LogP contribution in [0.3, 0.4) is 0 Å². The zero-order chi connectivity index (χ0) is 19.6. The molecule has 2 fully saturated rings. The Morgan fingerprint density at radius 1 is 1.18 bits per heavy atom. The lowest BCUT2D eigenvalue weighted by Crippen LogP contribution is -2.48. The lowest BCUT2D eigenvalue weighted by atomic mass is 9.95. The fourth-order valence-electron chi connectivity index (χ4n) is 4.16. The quantitative estimate of drug-likeness (QED) is 0.295. The number of piperazine rings is 1. The normalized spacial score (nSPS) is 23.2. The van der Waals surface area contributed by atoms with Crippen molar-refractivity contribution in [2.75, 3.05) is 65.4 Å².